The van der Waals surface area contributed by atoms with Crippen molar-refractivity contribution in [3.63, 3.8) is 0 Å². The van der Waals surface area contributed by atoms with Gasteiger partial charge in [-0.05, 0) is 66.1 Å². The van der Waals surface area contributed by atoms with Crippen LogP contribution in [0.2, 0.25) is 10.0 Å². The first kappa shape index (κ1) is 29.9. The lowest BCUT2D eigenvalue weighted by atomic mass is 9.95. The van der Waals surface area contributed by atoms with Gasteiger partial charge in [0.05, 0.1) is 25.3 Å². The molecule has 1 fully saturated rings. The number of nitrogens with zero attached hydrogens (tertiary/aromatic N) is 3. The molecule has 1 N–H and O–H groups in total. The molecule has 2 heterocycles. The normalized spacial score (nSPS) is 16.2. The zero-order chi connectivity index (χ0) is 29.8. The van der Waals surface area contributed by atoms with E-state index in [0.29, 0.717) is 49.4 Å². The lowest BCUT2D eigenvalue weighted by Crippen LogP contribution is -2.29. The molecule has 1 aliphatic heterocycles. The minimum Gasteiger partial charge on any atom is -0.507 e. The lowest BCUT2D eigenvalue weighted by molar-refractivity contribution is -0.132. The van der Waals surface area contributed by atoms with Crippen LogP contribution in [0.4, 0.5) is 5.13 Å². The lowest BCUT2D eigenvalue weighted by Gasteiger charge is -2.22. The Morgan fingerprint density at radius 2 is 1.74 bits per heavy atom. The topological polar surface area (TPSA) is 102 Å². The number of rotatable bonds is 10. The van der Waals surface area contributed by atoms with Gasteiger partial charge in [0.1, 0.15) is 17.3 Å². The minimum absolute atomic E-state index is 0.0512. The molecule has 0 radical (unpaired) electrons. The fourth-order valence-electron chi connectivity index (χ4n) is 4.35. The average Bonchev–Trinajstić information content (AvgIpc) is 3.57. The molecule has 42 heavy (non-hydrogen) atoms. The Morgan fingerprint density at radius 1 is 1.02 bits per heavy atom. The second kappa shape index (κ2) is 13.2. The van der Waals surface area contributed by atoms with E-state index < -0.39 is 17.7 Å². The summed E-state index contributed by atoms with van der Waals surface area (Å²) >= 11 is 14.9. The van der Waals surface area contributed by atoms with Gasteiger partial charge in [-0.3, -0.25) is 14.5 Å². The van der Waals surface area contributed by atoms with Crippen LogP contribution in [0.15, 0.2) is 76.6 Å². The fraction of sp³-hybridized carbons (Fsp3) is 0.200. The molecule has 3 aromatic carbocycles. The second-order valence-corrected chi connectivity index (χ2v) is 12.2. The standard InChI is InChI=1S/C30H25Cl2N3O5S2/c1-3-14-40-22-12-5-17(6-13-22)25-24(26(36)18-7-10-21(39-2)11-8-18)27(37)28(38)35(25)29-33-34-30(42-29)41-16-19-4-9-20(31)15-23(19)32/h4-13,15,25,36H,3,14,16H2,1-2H3/b26-24-. The van der Waals surface area contributed by atoms with Crippen LogP contribution < -0.4 is 14.4 Å². The third-order valence-corrected chi connectivity index (χ3v) is 9.14. The molecule has 1 saturated heterocycles. The highest BCUT2D eigenvalue weighted by molar-refractivity contribution is 8.00. The summed E-state index contributed by atoms with van der Waals surface area (Å²) in [6.45, 7) is 2.57. The number of Topliss-reactive ketones (excluding diaryl/α,β-unsaturated/α-hetero) is 1. The number of aliphatic hydroxyl groups is 1. The van der Waals surface area contributed by atoms with Gasteiger partial charge in [0.25, 0.3) is 5.78 Å². The summed E-state index contributed by atoms with van der Waals surface area (Å²) in [5, 5.41) is 21.2. The number of carbonyl (C=O) groups is 2. The van der Waals surface area contributed by atoms with Gasteiger partial charge < -0.3 is 14.6 Å². The van der Waals surface area contributed by atoms with Gasteiger partial charge in [-0.2, -0.15) is 0 Å². The largest absolute Gasteiger partial charge is 0.507 e. The van der Waals surface area contributed by atoms with E-state index in [0.717, 1.165) is 12.0 Å². The maximum absolute atomic E-state index is 13.5. The number of aromatic nitrogens is 2. The molecular formula is C30H25Cl2N3O5S2. The molecule has 1 atom stereocenters. The van der Waals surface area contributed by atoms with E-state index in [2.05, 4.69) is 10.2 Å². The molecule has 1 aromatic heterocycles. The Hall–Kier alpha value is -3.57. The van der Waals surface area contributed by atoms with Gasteiger partial charge in [0, 0.05) is 21.4 Å². The van der Waals surface area contributed by atoms with Gasteiger partial charge >= 0.3 is 5.91 Å². The molecule has 0 spiro atoms. The van der Waals surface area contributed by atoms with E-state index in [-0.39, 0.29) is 16.5 Å². The van der Waals surface area contributed by atoms with Gasteiger partial charge in [-0.15, -0.1) is 10.2 Å². The van der Waals surface area contributed by atoms with E-state index in [1.165, 1.54) is 35.1 Å². The van der Waals surface area contributed by atoms with E-state index >= 15 is 0 Å². The fourth-order valence-corrected chi connectivity index (χ4v) is 6.78. The monoisotopic (exact) mass is 641 g/mol. The van der Waals surface area contributed by atoms with Crippen molar-refractivity contribution in [3.05, 3.63) is 99.0 Å². The maximum atomic E-state index is 13.5. The Kier molecular flexibility index (Phi) is 9.37. The van der Waals surface area contributed by atoms with Crippen molar-refractivity contribution >= 4 is 68.9 Å². The minimum atomic E-state index is -0.941. The number of amides is 1. The number of carbonyl (C=O) groups excluding carboxylic acids is 2. The molecule has 8 nitrogen and oxygen atoms in total. The first-order chi connectivity index (χ1) is 20.3. The predicted molar refractivity (Wildman–Crippen MR) is 166 cm³/mol. The Labute approximate surface area is 260 Å². The number of anilines is 1. The van der Waals surface area contributed by atoms with Crippen LogP contribution in [0.5, 0.6) is 11.5 Å². The number of aliphatic hydroxyl groups excluding tert-OH is 1. The maximum Gasteiger partial charge on any atom is 0.301 e. The molecule has 1 unspecified atom stereocenters. The van der Waals surface area contributed by atoms with Crippen molar-refractivity contribution < 1.29 is 24.2 Å². The van der Waals surface area contributed by atoms with Gasteiger partial charge in [0.15, 0.2) is 4.34 Å². The van der Waals surface area contributed by atoms with Gasteiger partial charge in [-0.25, -0.2) is 0 Å². The first-order valence-electron chi connectivity index (χ1n) is 12.9. The quantitative estimate of drug-likeness (QED) is 0.0622. The molecule has 0 bridgehead atoms. The molecule has 0 saturated carbocycles. The molecule has 0 aliphatic carbocycles. The van der Waals surface area contributed by atoms with Crippen molar-refractivity contribution in [2.75, 3.05) is 18.6 Å². The number of ether oxygens (including phenoxy) is 2. The van der Waals surface area contributed by atoms with Crippen molar-refractivity contribution in [2.24, 2.45) is 0 Å². The van der Waals surface area contributed by atoms with Crippen LogP contribution in [0.25, 0.3) is 5.76 Å². The number of halogens is 2. The zero-order valence-electron chi connectivity index (χ0n) is 22.5. The number of hydrogen-bond donors (Lipinski definition) is 1. The van der Waals surface area contributed by atoms with Gasteiger partial charge in [0.2, 0.25) is 5.13 Å². The van der Waals surface area contributed by atoms with E-state index in [1.54, 1.807) is 60.7 Å². The highest BCUT2D eigenvalue weighted by Gasteiger charge is 2.48. The van der Waals surface area contributed by atoms with Crippen LogP contribution in [-0.4, -0.2) is 40.7 Å². The number of ketones is 1. The summed E-state index contributed by atoms with van der Waals surface area (Å²) in [6, 6.07) is 18.0. The first-order valence-corrected chi connectivity index (χ1v) is 15.4. The summed E-state index contributed by atoms with van der Waals surface area (Å²) < 4.78 is 11.5. The summed E-state index contributed by atoms with van der Waals surface area (Å²) in [5.41, 5.74) is 1.79. The third kappa shape index (κ3) is 6.27. The van der Waals surface area contributed by atoms with Crippen molar-refractivity contribution in [1.29, 1.82) is 0 Å². The Bertz CT molecular complexity index is 1640. The SMILES string of the molecule is CCCOc1ccc(C2/C(=C(/O)c3ccc(OC)cc3)C(=O)C(=O)N2c2nnc(SCc3ccc(Cl)cc3Cl)s2)cc1. The summed E-state index contributed by atoms with van der Waals surface area (Å²) in [5.74, 6) is -0.185. The van der Waals surface area contributed by atoms with Gasteiger partial charge in [-0.1, -0.05) is 71.4 Å². The molecular weight excluding hydrogens is 617 g/mol. The van der Waals surface area contributed by atoms with Crippen molar-refractivity contribution in [3.8, 4) is 11.5 Å². The van der Waals surface area contributed by atoms with Crippen molar-refractivity contribution in [2.45, 2.75) is 29.5 Å². The van der Waals surface area contributed by atoms with Crippen LogP contribution in [0.3, 0.4) is 0 Å². The molecule has 4 aromatic rings. The number of hydrogen-bond acceptors (Lipinski definition) is 9. The summed E-state index contributed by atoms with van der Waals surface area (Å²) in [6.07, 6.45) is 0.853. The summed E-state index contributed by atoms with van der Waals surface area (Å²) in [7, 11) is 1.53. The zero-order valence-corrected chi connectivity index (χ0v) is 25.7. The smallest absolute Gasteiger partial charge is 0.301 e. The molecule has 12 heteroatoms. The second-order valence-electron chi connectivity index (χ2n) is 9.19. The number of thioether (sulfide) groups is 1. The molecule has 1 amide bonds. The van der Waals surface area contributed by atoms with E-state index in [9.17, 15) is 14.7 Å². The number of methoxy groups -OCH3 is 1. The van der Waals surface area contributed by atoms with E-state index in [1.807, 2.05) is 13.0 Å². The third-order valence-electron chi connectivity index (χ3n) is 6.44. The average molecular weight is 643 g/mol. The predicted octanol–water partition coefficient (Wildman–Crippen LogP) is 7.56. The van der Waals surface area contributed by atoms with Crippen molar-refractivity contribution in [1.82, 2.24) is 10.2 Å². The molecule has 5 rings (SSSR count). The van der Waals surface area contributed by atoms with Crippen LogP contribution >= 0.6 is 46.3 Å². The highest BCUT2D eigenvalue weighted by atomic mass is 35.5. The number of benzene rings is 3. The Balaban J connectivity index is 1.51. The van der Waals surface area contributed by atoms with E-state index in [4.69, 9.17) is 32.7 Å². The van der Waals surface area contributed by atoms with Crippen LogP contribution in [0.1, 0.15) is 36.1 Å². The molecule has 1 aliphatic rings. The Morgan fingerprint density at radius 3 is 2.40 bits per heavy atom. The highest BCUT2D eigenvalue weighted by Crippen LogP contribution is 2.44. The van der Waals surface area contributed by atoms with Crippen LogP contribution in [0, 0.1) is 0 Å². The summed E-state index contributed by atoms with van der Waals surface area (Å²) in [4.78, 5) is 28.3. The van der Waals surface area contributed by atoms with Crippen LogP contribution in [-0.2, 0) is 15.3 Å². The molecule has 216 valence electrons.